The van der Waals surface area contributed by atoms with Crippen molar-refractivity contribution in [2.45, 2.75) is 18.9 Å². The van der Waals surface area contributed by atoms with Crippen molar-refractivity contribution in [3.8, 4) is 0 Å². The average Bonchev–Trinajstić information content (AvgIpc) is 2.81. The van der Waals surface area contributed by atoms with E-state index in [4.69, 9.17) is 10.8 Å². The molecule has 1 aliphatic heterocycles. The molecule has 1 aliphatic rings. The van der Waals surface area contributed by atoms with Gasteiger partial charge in [0, 0.05) is 6.54 Å². The largest absolute Gasteiger partial charge is 0.480 e. The third kappa shape index (κ3) is 2.37. The van der Waals surface area contributed by atoms with Gasteiger partial charge in [-0.3, -0.25) is 0 Å². The summed E-state index contributed by atoms with van der Waals surface area (Å²) in [5.74, 6) is -0.969. The van der Waals surface area contributed by atoms with Gasteiger partial charge in [0.25, 0.3) is 0 Å². The maximum atomic E-state index is 12.0. The zero-order valence-corrected chi connectivity index (χ0v) is 9.80. The first-order chi connectivity index (χ1) is 8.59. The van der Waals surface area contributed by atoms with E-state index in [-0.39, 0.29) is 0 Å². The number of urea groups is 1. The van der Waals surface area contributed by atoms with Gasteiger partial charge < -0.3 is 21.1 Å². The zero-order chi connectivity index (χ0) is 13.1. The summed E-state index contributed by atoms with van der Waals surface area (Å²) < 4.78 is 0. The molecule has 0 bridgehead atoms. The van der Waals surface area contributed by atoms with Crippen LogP contribution in [0.5, 0.6) is 0 Å². The highest BCUT2D eigenvalue weighted by molar-refractivity contribution is 5.95. The molecule has 0 saturated carbocycles. The van der Waals surface area contributed by atoms with E-state index in [2.05, 4.69) is 5.32 Å². The van der Waals surface area contributed by atoms with Crippen LogP contribution in [0, 0.1) is 0 Å². The fraction of sp³-hybridized carbons (Fsp3) is 0.333. The van der Waals surface area contributed by atoms with Crippen molar-refractivity contribution in [3.05, 3.63) is 24.3 Å². The lowest BCUT2D eigenvalue weighted by atomic mass is 10.2. The number of carboxylic acid groups (broad SMARTS) is 1. The minimum atomic E-state index is -0.969. The van der Waals surface area contributed by atoms with Crippen molar-refractivity contribution in [2.75, 3.05) is 17.6 Å². The lowest BCUT2D eigenvalue weighted by molar-refractivity contribution is -0.141. The Morgan fingerprint density at radius 3 is 2.78 bits per heavy atom. The maximum Gasteiger partial charge on any atom is 0.326 e. The van der Waals surface area contributed by atoms with Crippen LogP contribution in [0.3, 0.4) is 0 Å². The van der Waals surface area contributed by atoms with Crippen LogP contribution in [0.2, 0.25) is 0 Å². The molecule has 0 aliphatic carbocycles. The lowest BCUT2D eigenvalue weighted by Crippen LogP contribution is -2.42. The molecule has 2 rings (SSSR count). The van der Waals surface area contributed by atoms with Gasteiger partial charge in [-0.15, -0.1) is 0 Å². The second-order valence-corrected chi connectivity index (χ2v) is 4.21. The first kappa shape index (κ1) is 12.2. The topological polar surface area (TPSA) is 95.7 Å². The highest BCUT2D eigenvalue weighted by atomic mass is 16.4. The summed E-state index contributed by atoms with van der Waals surface area (Å²) in [7, 11) is 0. The Bertz CT molecular complexity index is 475. The molecule has 1 fully saturated rings. The van der Waals surface area contributed by atoms with E-state index in [0.717, 1.165) is 0 Å². The molecule has 18 heavy (non-hydrogen) atoms. The fourth-order valence-electron chi connectivity index (χ4n) is 2.06. The van der Waals surface area contributed by atoms with Crippen molar-refractivity contribution in [1.29, 1.82) is 0 Å². The number of hydrogen-bond donors (Lipinski definition) is 3. The minimum absolute atomic E-state index is 0.419. The van der Waals surface area contributed by atoms with E-state index in [1.165, 1.54) is 4.90 Å². The Kier molecular flexibility index (Phi) is 3.36. The van der Waals surface area contributed by atoms with Crippen LogP contribution in [0.1, 0.15) is 12.8 Å². The van der Waals surface area contributed by atoms with Crippen molar-refractivity contribution in [2.24, 2.45) is 0 Å². The number of likely N-dealkylation sites (tertiary alicyclic amines) is 1. The van der Waals surface area contributed by atoms with Crippen LogP contribution in [-0.2, 0) is 4.79 Å². The van der Waals surface area contributed by atoms with E-state index in [1.807, 2.05) is 0 Å². The predicted molar refractivity (Wildman–Crippen MR) is 67.2 cm³/mol. The van der Waals surface area contributed by atoms with Gasteiger partial charge in [0.15, 0.2) is 0 Å². The average molecular weight is 249 g/mol. The minimum Gasteiger partial charge on any atom is -0.480 e. The molecule has 0 spiro atoms. The van der Waals surface area contributed by atoms with E-state index in [9.17, 15) is 9.59 Å². The summed E-state index contributed by atoms with van der Waals surface area (Å²) in [5.41, 5.74) is 6.67. The van der Waals surface area contributed by atoms with E-state index in [1.54, 1.807) is 24.3 Å². The number of aliphatic carboxylic acids is 1. The van der Waals surface area contributed by atoms with E-state index < -0.39 is 18.0 Å². The number of carbonyl (C=O) groups is 2. The first-order valence-electron chi connectivity index (χ1n) is 5.74. The first-order valence-corrected chi connectivity index (χ1v) is 5.74. The molecular weight excluding hydrogens is 234 g/mol. The van der Waals surface area contributed by atoms with Crippen LogP contribution >= 0.6 is 0 Å². The maximum absolute atomic E-state index is 12.0. The second kappa shape index (κ2) is 4.95. The van der Waals surface area contributed by atoms with Gasteiger partial charge in [0.1, 0.15) is 6.04 Å². The van der Waals surface area contributed by atoms with Crippen molar-refractivity contribution < 1.29 is 14.7 Å². The van der Waals surface area contributed by atoms with Gasteiger partial charge in [-0.05, 0) is 25.0 Å². The van der Waals surface area contributed by atoms with Crippen LogP contribution in [0.4, 0.5) is 16.2 Å². The summed E-state index contributed by atoms with van der Waals surface area (Å²) in [6.07, 6.45) is 1.20. The molecule has 0 radical (unpaired) electrons. The predicted octanol–water partition coefficient (Wildman–Crippen LogP) is 1.35. The Morgan fingerprint density at radius 2 is 2.11 bits per heavy atom. The number of anilines is 2. The summed E-state index contributed by atoms with van der Waals surface area (Å²) in [6.45, 7) is 0.454. The summed E-state index contributed by atoms with van der Waals surface area (Å²) in [4.78, 5) is 24.3. The molecule has 6 nitrogen and oxygen atoms in total. The molecule has 1 aromatic carbocycles. The monoisotopic (exact) mass is 249 g/mol. The number of nitrogen functional groups attached to an aromatic ring is 1. The molecule has 0 aromatic heterocycles. The number of hydrogen-bond acceptors (Lipinski definition) is 3. The molecular formula is C12H15N3O3. The highest BCUT2D eigenvalue weighted by Gasteiger charge is 2.34. The van der Waals surface area contributed by atoms with Gasteiger partial charge in [0.05, 0.1) is 11.4 Å². The number of benzene rings is 1. The molecule has 6 heteroatoms. The molecule has 1 atom stereocenters. The van der Waals surface area contributed by atoms with Crippen LogP contribution < -0.4 is 11.1 Å². The standard InChI is InChI=1S/C12H15N3O3/c13-8-4-1-2-5-9(8)14-12(18)15-7-3-6-10(15)11(16)17/h1-2,4-5,10H,3,6-7,13H2,(H,14,18)(H,16,17). The molecule has 96 valence electrons. The summed E-state index contributed by atoms with van der Waals surface area (Å²) in [6, 6.07) is 5.71. The molecule has 1 heterocycles. The smallest absolute Gasteiger partial charge is 0.326 e. The van der Waals surface area contributed by atoms with Gasteiger partial charge in [-0.2, -0.15) is 0 Å². The SMILES string of the molecule is Nc1ccccc1NC(=O)N1CCCC1C(=O)O. The van der Waals surface area contributed by atoms with Crippen LogP contribution in [0.15, 0.2) is 24.3 Å². The number of nitrogens with zero attached hydrogens (tertiary/aromatic N) is 1. The molecule has 2 amide bonds. The Morgan fingerprint density at radius 1 is 1.39 bits per heavy atom. The lowest BCUT2D eigenvalue weighted by Gasteiger charge is -2.22. The quantitative estimate of drug-likeness (QED) is 0.689. The van der Waals surface area contributed by atoms with Gasteiger partial charge in [-0.1, -0.05) is 12.1 Å². The number of rotatable bonds is 2. The number of nitrogens with one attached hydrogen (secondary N) is 1. The third-order valence-corrected chi connectivity index (χ3v) is 3.00. The number of carbonyl (C=O) groups excluding carboxylic acids is 1. The molecule has 1 unspecified atom stereocenters. The number of nitrogens with two attached hydrogens (primary N) is 1. The summed E-state index contributed by atoms with van der Waals surface area (Å²) in [5, 5.41) is 11.6. The molecule has 4 N–H and O–H groups in total. The van der Waals surface area contributed by atoms with E-state index in [0.29, 0.717) is 30.8 Å². The van der Waals surface area contributed by atoms with Crippen LogP contribution in [0.25, 0.3) is 0 Å². The van der Waals surface area contributed by atoms with Crippen molar-refractivity contribution >= 4 is 23.4 Å². The van der Waals surface area contributed by atoms with E-state index >= 15 is 0 Å². The highest BCUT2D eigenvalue weighted by Crippen LogP contribution is 2.21. The number of para-hydroxylation sites is 2. The Balaban J connectivity index is 2.08. The number of amides is 2. The zero-order valence-electron chi connectivity index (χ0n) is 9.80. The molecule has 1 saturated heterocycles. The third-order valence-electron chi connectivity index (χ3n) is 3.00. The van der Waals surface area contributed by atoms with Crippen LogP contribution in [-0.4, -0.2) is 34.6 Å². The van der Waals surface area contributed by atoms with Gasteiger partial charge >= 0.3 is 12.0 Å². The van der Waals surface area contributed by atoms with Crippen molar-refractivity contribution in [1.82, 2.24) is 4.90 Å². The Hall–Kier alpha value is -2.24. The van der Waals surface area contributed by atoms with Crippen molar-refractivity contribution in [3.63, 3.8) is 0 Å². The summed E-state index contributed by atoms with van der Waals surface area (Å²) >= 11 is 0. The van der Waals surface area contributed by atoms with Gasteiger partial charge in [-0.25, -0.2) is 9.59 Å². The normalized spacial score (nSPS) is 18.7. The second-order valence-electron chi connectivity index (χ2n) is 4.21. The molecule has 1 aromatic rings. The Labute approximate surface area is 104 Å². The number of carboxylic acids is 1. The fourth-order valence-corrected chi connectivity index (χ4v) is 2.06. The van der Waals surface area contributed by atoms with Gasteiger partial charge in [0.2, 0.25) is 0 Å².